The van der Waals surface area contributed by atoms with Gasteiger partial charge >= 0.3 is 6.18 Å². The van der Waals surface area contributed by atoms with Crippen LogP contribution in [0.15, 0.2) is 18.3 Å². The van der Waals surface area contributed by atoms with E-state index in [1.807, 2.05) is 0 Å². The molecule has 0 aliphatic carbocycles. The third kappa shape index (κ3) is 5.34. The van der Waals surface area contributed by atoms with Crippen LogP contribution in [0, 0.1) is 0 Å². The van der Waals surface area contributed by atoms with Crippen LogP contribution in [0.4, 0.5) is 19.0 Å². The van der Waals surface area contributed by atoms with Crippen LogP contribution in [0.3, 0.4) is 0 Å². The Bertz CT molecular complexity index is 397. The molecule has 0 aromatic carbocycles. The van der Waals surface area contributed by atoms with Gasteiger partial charge in [-0.2, -0.15) is 13.2 Å². The topological polar surface area (TPSA) is 45.6 Å². The minimum absolute atomic E-state index is 0.0857. The SMILES string of the molecule is CC(C)Oc1cccnc1N(CCO)CC(F)(F)F. The van der Waals surface area contributed by atoms with E-state index in [0.29, 0.717) is 0 Å². The first-order chi connectivity index (χ1) is 8.83. The van der Waals surface area contributed by atoms with Crippen molar-refractivity contribution in [3.63, 3.8) is 0 Å². The lowest BCUT2D eigenvalue weighted by atomic mass is 10.3. The van der Waals surface area contributed by atoms with Gasteiger partial charge in [0.05, 0.1) is 12.7 Å². The molecule has 0 spiro atoms. The highest BCUT2D eigenvalue weighted by Crippen LogP contribution is 2.28. The van der Waals surface area contributed by atoms with Crippen LogP contribution in [0.25, 0.3) is 0 Å². The number of pyridine rings is 1. The number of anilines is 1. The summed E-state index contributed by atoms with van der Waals surface area (Å²) in [5.41, 5.74) is 0. The van der Waals surface area contributed by atoms with Crippen LogP contribution in [0.5, 0.6) is 5.75 Å². The van der Waals surface area contributed by atoms with E-state index in [0.717, 1.165) is 4.90 Å². The number of hydrogen-bond donors (Lipinski definition) is 1. The van der Waals surface area contributed by atoms with Gasteiger partial charge in [-0.3, -0.25) is 0 Å². The number of alkyl halides is 3. The summed E-state index contributed by atoms with van der Waals surface area (Å²) in [6.45, 7) is 1.81. The summed E-state index contributed by atoms with van der Waals surface area (Å²) < 4.78 is 43.0. The molecule has 0 saturated heterocycles. The predicted molar refractivity (Wildman–Crippen MR) is 65.4 cm³/mol. The third-order valence-electron chi connectivity index (χ3n) is 2.15. The van der Waals surface area contributed by atoms with Crippen LogP contribution < -0.4 is 9.64 Å². The van der Waals surface area contributed by atoms with Crippen molar-refractivity contribution in [2.75, 3.05) is 24.6 Å². The minimum Gasteiger partial charge on any atom is -0.487 e. The van der Waals surface area contributed by atoms with Crippen molar-refractivity contribution in [2.45, 2.75) is 26.1 Å². The van der Waals surface area contributed by atoms with Gasteiger partial charge in [0.1, 0.15) is 6.54 Å². The molecule has 0 unspecified atom stereocenters. The average molecular weight is 278 g/mol. The summed E-state index contributed by atoms with van der Waals surface area (Å²) in [4.78, 5) is 4.88. The van der Waals surface area contributed by atoms with E-state index >= 15 is 0 Å². The molecule has 0 radical (unpaired) electrons. The second-order valence-electron chi connectivity index (χ2n) is 4.25. The first kappa shape index (κ1) is 15.6. The molecule has 1 N–H and O–H groups in total. The van der Waals surface area contributed by atoms with Crippen LogP contribution >= 0.6 is 0 Å². The smallest absolute Gasteiger partial charge is 0.405 e. The lowest BCUT2D eigenvalue weighted by Gasteiger charge is -2.26. The number of halogens is 3. The molecule has 4 nitrogen and oxygen atoms in total. The van der Waals surface area contributed by atoms with E-state index in [1.165, 1.54) is 6.20 Å². The Kier molecular flexibility index (Phi) is 5.41. The maximum Gasteiger partial charge on any atom is 0.405 e. The quantitative estimate of drug-likeness (QED) is 0.866. The van der Waals surface area contributed by atoms with E-state index < -0.39 is 19.3 Å². The highest BCUT2D eigenvalue weighted by molar-refractivity contribution is 5.52. The number of aromatic nitrogens is 1. The van der Waals surface area contributed by atoms with E-state index in [2.05, 4.69) is 4.98 Å². The predicted octanol–water partition coefficient (Wildman–Crippen LogP) is 2.23. The number of hydrogen-bond acceptors (Lipinski definition) is 4. The Morgan fingerprint density at radius 3 is 2.63 bits per heavy atom. The Morgan fingerprint density at radius 1 is 1.42 bits per heavy atom. The molecule has 0 aliphatic heterocycles. The highest BCUT2D eigenvalue weighted by Gasteiger charge is 2.32. The van der Waals surface area contributed by atoms with Gasteiger partial charge < -0.3 is 14.7 Å². The summed E-state index contributed by atoms with van der Waals surface area (Å²) in [5, 5.41) is 8.89. The van der Waals surface area contributed by atoms with Gasteiger partial charge in [0.2, 0.25) is 0 Å². The summed E-state index contributed by atoms with van der Waals surface area (Å²) >= 11 is 0. The Hall–Kier alpha value is -1.50. The molecule has 0 fully saturated rings. The summed E-state index contributed by atoms with van der Waals surface area (Å²) in [7, 11) is 0. The van der Waals surface area contributed by atoms with Gasteiger partial charge in [-0.1, -0.05) is 0 Å². The molecule has 1 aromatic rings. The first-order valence-electron chi connectivity index (χ1n) is 5.87. The number of rotatable bonds is 6. The van der Waals surface area contributed by atoms with Crippen LogP contribution in [-0.2, 0) is 0 Å². The van der Waals surface area contributed by atoms with Crippen molar-refractivity contribution in [2.24, 2.45) is 0 Å². The maximum absolute atomic E-state index is 12.5. The second-order valence-corrected chi connectivity index (χ2v) is 4.25. The van der Waals surface area contributed by atoms with Gasteiger partial charge in [-0.05, 0) is 26.0 Å². The molecule has 0 aliphatic rings. The fourth-order valence-electron chi connectivity index (χ4n) is 1.56. The number of aliphatic hydroxyl groups is 1. The number of nitrogens with zero attached hydrogens (tertiary/aromatic N) is 2. The van der Waals surface area contributed by atoms with Crippen molar-refractivity contribution in [1.29, 1.82) is 0 Å². The second kappa shape index (κ2) is 6.60. The van der Waals surface area contributed by atoms with Gasteiger partial charge in [-0.25, -0.2) is 4.98 Å². The van der Waals surface area contributed by atoms with Crippen molar-refractivity contribution in [3.05, 3.63) is 18.3 Å². The van der Waals surface area contributed by atoms with Crippen molar-refractivity contribution in [3.8, 4) is 5.75 Å². The zero-order valence-corrected chi connectivity index (χ0v) is 10.8. The fourth-order valence-corrected chi connectivity index (χ4v) is 1.56. The number of ether oxygens (including phenoxy) is 1. The minimum atomic E-state index is -4.37. The third-order valence-corrected chi connectivity index (χ3v) is 2.15. The molecule has 1 aromatic heterocycles. The Balaban J connectivity index is 3.00. The monoisotopic (exact) mass is 278 g/mol. The molecule has 0 amide bonds. The Labute approximate surface area is 109 Å². The molecule has 0 bridgehead atoms. The van der Waals surface area contributed by atoms with Crippen molar-refractivity contribution < 1.29 is 23.0 Å². The standard InChI is InChI=1S/C12H17F3N2O2/c1-9(2)19-10-4-3-5-16-11(10)17(6-7-18)8-12(13,14)15/h3-5,9,18H,6-8H2,1-2H3. The molecule has 108 valence electrons. The molecule has 19 heavy (non-hydrogen) atoms. The van der Waals surface area contributed by atoms with Gasteiger partial charge in [0, 0.05) is 12.7 Å². The summed E-state index contributed by atoms with van der Waals surface area (Å²) in [6.07, 6.45) is -3.16. The zero-order chi connectivity index (χ0) is 14.5. The lowest BCUT2D eigenvalue weighted by Crippen LogP contribution is -2.37. The van der Waals surface area contributed by atoms with Crippen LogP contribution in [-0.4, -0.2) is 42.1 Å². The van der Waals surface area contributed by atoms with Crippen LogP contribution in [0.1, 0.15) is 13.8 Å². The van der Waals surface area contributed by atoms with Gasteiger partial charge in [-0.15, -0.1) is 0 Å². The molecule has 1 heterocycles. The molecule has 7 heteroatoms. The Morgan fingerprint density at radius 2 is 2.11 bits per heavy atom. The van der Waals surface area contributed by atoms with Gasteiger partial charge in [0.25, 0.3) is 0 Å². The van der Waals surface area contributed by atoms with E-state index in [4.69, 9.17) is 9.84 Å². The highest BCUT2D eigenvalue weighted by atomic mass is 19.4. The maximum atomic E-state index is 12.5. The van der Waals surface area contributed by atoms with E-state index in [-0.39, 0.29) is 24.2 Å². The lowest BCUT2D eigenvalue weighted by molar-refractivity contribution is -0.120. The van der Waals surface area contributed by atoms with Crippen molar-refractivity contribution >= 4 is 5.82 Å². The summed E-state index contributed by atoms with van der Waals surface area (Å²) in [6, 6.07) is 3.15. The fraction of sp³-hybridized carbons (Fsp3) is 0.583. The average Bonchev–Trinajstić information content (AvgIpc) is 2.26. The summed E-state index contributed by atoms with van der Waals surface area (Å²) in [5.74, 6) is 0.359. The molecular formula is C12H17F3N2O2. The van der Waals surface area contributed by atoms with Gasteiger partial charge in [0.15, 0.2) is 11.6 Å². The van der Waals surface area contributed by atoms with E-state index in [9.17, 15) is 13.2 Å². The van der Waals surface area contributed by atoms with Crippen LogP contribution in [0.2, 0.25) is 0 Å². The normalized spacial score (nSPS) is 11.7. The van der Waals surface area contributed by atoms with E-state index in [1.54, 1.807) is 26.0 Å². The number of aliphatic hydroxyl groups excluding tert-OH is 1. The largest absolute Gasteiger partial charge is 0.487 e. The molecule has 0 atom stereocenters. The van der Waals surface area contributed by atoms with Crippen molar-refractivity contribution in [1.82, 2.24) is 4.98 Å². The molecule has 0 saturated carbocycles. The first-order valence-corrected chi connectivity index (χ1v) is 5.87. The molecule has 1 rings (SSSR count). The molecular weight excluding hydrogens is 261 g/mol. The zero-order valence-electron chi connectivity index (χ0n) is 10.8.